The second-order valence-electron chi connectivity index (χ2n) is 5.50. The molecule has 0 N–H and O–H groups in total. The van der Waals surface area contributed by atoms with E-state index in [4.69, 9.17) is 20.8 Å². The van der Waals surface area contributed by atoms with Gasteiger partial charge in [-0.1, -0.05) is 23.4 Å². The fraction of sp³-hybridized carbons (Fsp3) is 0.438. The van der Waals surface area contributed by atoms with Gasteiger partial charge in [-0.15, -0.1) is 10.2 Å². The fourth-order valence-corrected chi connectivity index (χ4v) is 3.33. The number of ether oxygens (including phenoxy) is 1. The Morgan fingerprint density at radius 1 is 1.33 bits per heavy atom. The molecule has 2 heterocycles. The third-order valence-corrected chi connectivity index (χ3v) is 4.84. The standard InChI is InChI=1S/C16H18ClN3O3S/c1-11(15(21)20-8-2-3-9-20)24-16-19-18-14(23-16)10-22-13-6-4-12(17)5-7-13/h4-7,11H,2-3,8-10H2,1H3. The SMILES string of the molecule is CC(Sc1nnc(COc2ccc(Cl)cc2)o1)C(=O)N1CCCC1. The molecule has 3 rings (SSSR count). The number of halogens is 1. The average Bonchev–Trinajstić information content (AvgIpc) is 3.25. The van der Waals surface area contributed by atoms with E-state index in [1.807, 2.05) is 11.8 Å². The van der Waals surface area contributed by atoms with Crippen LogP contribution in [0.3, 0.4) is 0 Å². The summed E-state index contributed by atoms with van der Waals surface area (Å²) < 4.78 is 11.1. The molecule has 1 fully saturated rings. The minimum Gasteiger partial charge on any atom is -0.484 e. The number of thioether (sulfide) groups is 1. The monoisotopic (exact) mass is 367 g/mol. The van der Waals surface area contributed by atoms with Crippen LogP contribution in [0.25, 0.3) is 0 Å². The molecule has 0 aliphatic carbocycles. The maximum atomic E-state index is 12.3. The van der Waals surface area contributed by atoms with Crippen LogP contribution in [-0.2, 0) is 11.4 Å². The highest BCUT2D eigenvalue weighted by atomic mass is 35.5. The number of amides is 1. The van der Waals surface area contributed by atoms with Crippen molar-refractivity contribution in [1.29, 1.82) is 0 Å². The van der Waals surface area contributed by atoms with E-state index in [1.54, 1.807) is 24.3 Å². The zero-order valence-electron chi connectivity index (χ0n) is 13.3. The fourth-order valence-electron chi connectivity index (χ4n) is 2.42. The number of likely N-dealkylation sites (tertiary alicyclic amines) is 1. The van der Waals surface area contributed by atoms with E-state index in [1.165, 1.54) is 11.8 Å². The molecule has 1 amide bonds. The number of aromatic nitrogens is 2. The molecule has 1 aliphatic rings. The Balaban J connectivity index is 1.51. The van der Waals surface area contributed by atoms with Gasteiger partial charge in [0.2, 0.25) is 5.91 Å². The molecule has 128 valence electrons. The second kappa shape index (κ2) is 7.90. The Morgan fingerprint density at radius 2 is 2.04 bits per heavy atom. The smallest absolute Gasteiger partial charge is 0.277 e. The van der Waals surface area contributed by atoms with Gasteiger partial charge >= 0.3 is 0 Å². The average molecular weight is 368 g/mol. The van der Waals surface area contributed by atoms with Gasteiger partial charge in [-0.05, 0) is 44.0 Å². The van der Waals surface area contributed by atoms with Crippen molar-refractivity contribution in [2.24, 2.45) is 0 Å². The highest BCUT2D eigenvalue weighted by Crippen LogP contribution is 2.25. The van der Waals surface area contributed by atoms with Crippen LogP contribution < -0.4 is 4.74 Å². The van der Waals surface area contributed by atoms with Gasteiger partial charge in [-0.2, -0.15) is 0 Å². The number of hydrogen-bond acceptors (Lipinski definition) is 6. The number of rotatable bonds is 6. The first kappa shape index (κ1) is 17.1. The summed E-state index contributed by atoms with van der Waals surface area (Å²) in [4.78, 5) is 14.2. The molecule has 1 aliphatic heterocycles. The zero-order chi connectivity index (χ0) is 16.9. The molecule has 24 heavy (non-hydrogen) atoms. The summed E-state index contributed by atoms with van der Waals surface area (Å²) in [6, 6.07) is 7.03. The van der Waals surface area contributed by atoms with Gasteiger partial charge in [-0.25, -0.2) is 0 Å². The van der Waals surface area contributed by atoms with Gasteiger partial charge in [0.05, 0.1) is 5.25 Å². The van der Waals surface area contributed by atoms with Crippen molar-refractivity contribution in [2.75, 3.05) is 13.1 Å². The molecule has 0 saturated carbocycles. The molecule has 1 unspecified atom stereocenters. The van der Waals surface area contributed by atoms with Crippen molar-refractivity contribution < 1.29 is 13.9 Å². The predicted octanol–water partition coefficient (Wildman–Crippen LogP) is 3.41. The van der Waals surface area contributed by atoms with Crippen LogP contribution in [0.2, 0.25) is 5.02 Å². The van der Waals surface area contributed by atoms with Gasteiger partial charge in [0.1, 0.15) is 5.75 Å². The first-order valence-electron chi connectivity index (χ1n) is 7.78. The molecule has 1 aromatic heterocycles. The lowest BCUT2D eigenvalue weighted by atomic mass is 10.3. The van der Waals surface area contributed by atoms with E-state index < -0.39 is 0 Å². The molecule has 8 heteroatoms. The molecule has 1 atom stereocenters. The second-order valence-corrected chi connectivity index (χ2v) is 7.23. The van der Waals surface area contributed by atoms with Crippen LogP contribution in [0.1, 0.15) is 25.7 Å². The number of benzene rings is 1. The van der Waals surface area contributed by atoms with Crippen LogP contribution in [0, 0.1) is 0 Å². The Kier molecular flexibility index (Phi) is 5.63. The van der Waals surface area contributed by atoms with Crippen molar-refractivity contribution in [3.05, 3.63) is 35.2 Å². The van der Waals surface area contributed by atoms with Crippen LogP contribution >= 0.6 is 23.4 Å². The first-order chi connectivity index (χ1) is 11.6. The number of carbonyl (C=O) groups excluding carboxylic acids is 1. The molecule has 2 aromatic rings. The molecule has 0 radical (unpaired) electrons. The van der Waals surface area contributed by atoms with Crippen molar-refractivity contribution in [3.8, 4) is 5.75 Å². The molecular formula is C16H18ClN3O3S. The summed E-state index contributed by atoms with van der Waals surface area (Å²) in [5.41, 5.74) is 0. The molecule has 0 bridgehead atoms. The maximum absolute atomic E-state index is 12.3. The summed E-state index contributed by atoms with van der Waals surface area (Å²) in [5, 5.41) is 8.70. The quantitative estimate of drug-likeness (QED) is 0.729. The van der Waals surface area contributed by atoms with Gasteiger partial charge in [0.15, 0.2) is 6.61 Å². The van der Waals surface area contributed by atoms with Crippen LogP contribution in [0.15, 0.2) is 33.9 Å². The van der Waals surface area contributed by atoms with Gasteiger partial charge in [-0.3, -0.25) is 4.79 Å². The third kappa shape index (κ3) is 4.42. The lowest BCUT2D eigenvalue weighted by Gasteiger charge is -2.18. The van der Waals surface area contributed by atoms with E-state index in [-0.39, 0.29) is 17.8 Å². The van der Waals surface area contributed by atoms with Gasteiger partial charge in [0.25, 0.3) is 11.1 Å². The Bertz CT molecular complexity index is 686. The Labute approximate surface area is 149 Å². The maximum Gasteiger partial charge on any atom is 0.277 e. The molecule has 0 spiro atoms. The summed E-state index contributed by atoms with van der Waals surface area (Å²) in [5.74, 6) is 1.16. The van der Waals surface area contributed by atoms with Crippen molar-refractivity contribution in [3.63, 3.8) is 0 Å². The van der Waals surface area contributed by atoms with E-state index >= 15 is 0 Å². The van der Waals surface area contributed by atoms with E-state index in [0.717, 1.165) is 25.9 Å². The minimum absolute atomic E-state index is 0.120. The highest BCUT2D eigenvalue weighted by molar-refractivity contribution is 8.00. The highest BCUT2D eigenvalue weighted by Gasteiger charge is 2.25. The number of hydrogen-bond donors (Lipinski definition) is 0. The Hall–Kier alpha value is -1.73. The lowest BCUT2D eigenvalue weighted by molar-refractivity contribution is -0.129. The largest absolute Gasteiger partial charge is 0.484 e. The van der Waals surface area contributed by atoms with E-state index in [2.05, 4.69) is 10.2 Å². The van der Waals surface area contributed by atoms with Crippen LogP contribution in [0.4, 0.5) is 0 Å². The summed E-state index contributed by atoms with van der Waals surface area (Å²) in [7, 11) is 0. The van der Waals surface area contributed by atoms with Crippen molar-refractivity contribution in [1.82, 2.24) is 15.1 Å². The lowest BCUT2D eigenvalue weighted by Crippen LogP contribution is -2.34. The predicted molar refractivity (Wildman–Crippen MR) is 91.2 cm³/mol. The van der Waals surface area contributed by atoms with Gasteiger partial charge < -0.3 is 14.1 Å². The van der Waals surface area contributed by atoms with Crippen LogP contribution in [0.5, 0.6) is 5.75 Å². The van der Waals surface area contributed by atoms with E-state index in [9.17, 15) is 4.79 Å². The van der Waals surface area contributed by atoms with Gasteiger partial charge in [0, 0.05) is 18.1 Å². The van der Waals surface area contributed by atoms with E-state index in [0.29, 0.717) is 21.9 Å². The summed E-state index contributed by atoms with van der Waals surface area (Å²) >= 11 is 7.10. The molecule has 1 saturated heterocycles. The topological polar surface area (TPSA) is 68.5 Å². The van der Waals surface area contributed by atoms with Crippen LogP contribution in [-0.4, -0.2) is 39.3 Å². The normalized spacial score (nSPS) is 15.5. The third-order valence-electron chi connectivity index (χ3n) is 3.67. The molecule has 6 nitrogen and oxygen atoms in total. The molecule has 1 aromatic carbocycles. The minimum atomic E-state index is -0.242. The molecular weight excluding hydrogens is 350 g/mol. The van der Waals surface area contributed by atoms with Crippen molar-refractivity contribution >= 4 is 29.3 Å². The summed E-state index contributed by atoms with van der Waals surface area (Å²) in [6.07, 6.45) is 2.16. The number of carbonyl (C=O) groups is 1. The summed E-state index contributed by atoms with van der Waals surface area (Å²) in [6.45, 7) is 3.71. The first-order valence-corrected chi connectivity index (χ1v) is 9.04. The zero-order valence-corrected chi connectivity index (χ0v) is 14.8. The Morgan fingerprint density at radius 3 is 2.75 bits per heavy atom. The number of nitrogens with zero attached hydrogens (tertiary/aromatic N) is 3. The van der Waals surface area contributed by atoms with Crippen molar-refractivity contribution in [2.45, 2.75) is 36.8 Å².